The first-order valence-electron chi connectivity index (χ1n) is 2.86. The van der Waals surface area contributed by atoms with Gasteiger partial charge in [-0.25, -0.2) is 0 Å². The van der Waals surface area contributed by atoms with E-state index < -0.39 is 21.4 Å². The molecule has 0 aliphatic heterocycles. The summed E-state index contributed by atoms with van der Waals surface area (Å²) in [4.78, 5) is 18.5. The van der Waals surface area contributed by atoms with Crippen LogP contribution in [0, 0.1) is 20.2 Å². The second-order valence-electron chi connectivity index (χ2n) is 1.98. The largest absolute Gasteiger partial charge is 0.471 e. The van der Waals surface area contributed by atoms with Gasteiger partial charge in [0, 0.05) is 0 Å². The average Bonchev–Trinajstić information content (AvgIpc) is 1.90. The van der Waals surface area contributed by atoms with Gasteiger partial charge < -0.3 is 0 Å². The lowest BCUT2D eigenvalue weighted by atomic mass is 10.2. The van der Waals surface area contributed by atoms with Gasteiger partial charge in [-0.15, -0.1) is 11.6 Å². The Morgan fingerprint density at radius 3 is 1.73 bits per heavy atom. The van der Waals surface area contributed by atoms with Crippen LogP contribution in [0.2, 0.25) is 0 Å². The van der Waals surface area contributed by atoms with Crippen LogP contribution in [-0.2, 0) is 0 Å². The first-order valence-corrected chi connectivity index (χ1v) is 3.39. The molecule has 11 heavy (non-hydrogen) atoms. The van der Waals surface area contributed by atoms with Crippen LogP contribution >= 0.6 is 11.6 Å². The Bertz CT molecular complexity index is 163. The Morgan fingerprint density at radius 1 is 1.36 bits per heavy atom. The summed E-state index contributed by atoms with van der Waals surface area (Å²) < 4.78 is 0. The van der Waals surface area contributed by atoms with Crippen LogP contribution in [-0.4, -0.2) is 21.4 Å². The van der Waals surface area contributed by atoms with Crippen molar-refractivity contribution in [3.63, 3.8) is 0 Å². The second-order valence-corrected chi connectivity index (χ2v) is 2.25. The topological polar surface area (TPSA) is 86.3 Å². The minimum absolute atomic E-state index is 0.212. The third kappa shape index (κ3) is 1.56. The molecule has 7 heteroatoms. The van der Waals surface area contributed by atoms with Crippen molar-refractivity contribution in [2.24, 2.45) is 0 Å². The molecule has 0 saturated carbocycles. The van der Waals surface area contributed by atoms with Crippen molar-refractivity contribution in [2.45, 2.75) is 19.0 Å². The van der Waals surface area contributed by atoms with Crippen molar-refractivity contribution in [3.8, 4) is 0 Å². The molecule has 0 unspecified atom stereocenters. The number of nitro groups is 2. The summed E-state index contributed by atoms with van der Waals surface area (Å²) in [5, 5.41) is 20.4. The average molecular weight is 183 g/mol. The SMILES string of the molecule is CCC(CCl)([N+](=O)[O-])[N+](=O)[O-]. The summed E-state index contributed by atoms with van der Waals surface area (Å²) in [6.07, 6.45) is -0.212. The van der Waals surface area contributed by atoms with Crippen LogP contribution < -0.4 is 0 Å². The van der Waals surface area contributed by atoms with E-state index in [4.69, 9.17) is 11.6 Å². The zero-order valence-electron chi connectivity index (χ0n) is 5.82. The number of alkyl halides is 1. The molecule has 0 aliphatic rings. The van der Waals surface area contributed by atoms with E-state index in [0.29, 0.717) is 0 Å². The van der Waals surface area contributed by atoms with E-state index in [-0.39, 0.29) is 6.42 Å². The summed E-state index contributed by atoms with van der Waals surface area (Å²) in [5.41, 5.74) is -2.21. The highest BCUT2D eigenvalue weighted by Gasteiger charge is 2.53. The molecule has 0 radical (unpaired) electrons. The molecule has 0 spiro atoms. The normalized spacial score (nSPS) is 11.1. The van der Waals surface area contributed by atoms with Crippen LogP contribution in [0.5, 0.6) is 0 Å². The van der Waals surface area contributed by atoms with Gasteiger partial charge in [-0.2, -0.15) is 0 Å². The third-order valence-electron chi connectivity index (χ3n) is 1.46. The summed E-state index contributed by atoms with van der Waals surface area (Å²) in [7, 11) is 0. The number of rotatable bonds is 4. The maximum absolute atomic E-state index is 10.2. The van der Waals surface area contributed by atoms with E-state index in [0.717, 1.165) is 0 Å². The van der Waals surface area contributed by atoms with Crippen molar-refractivity contribution in [3.05, 3.63) is 20.2 Å². The molecule has 0 bridgehead atoms. The highest BCUT2D eigenvalue weighted by atomic mass is 35.5. The van der Waals surface area contributed by atoms with E-state index in [1.807, 2.05) is 0 Å². The molecule has 6 nitrogen and oxygen atoms in total. The molecule has 0 fully saturated rings. The van der Waals surface area contributed by atoms with Crippen LogP contribution in [0.15, 0.2) is 0 Å². The lowest BCUT2D eigenvalue weighted by molar-refractivity contribution is -0.790. The van der Waals surface area contributed by atoms with Crippen molar-refractivity contribution >= 4 is 11.6 Å². The predicted molar refractivity (Wildman–Crippen MR) is 37.7 cm³/mol. The van der Waals surface area contributed by atoms with Gasteiger partial charge in [0.2, 0.25) is 0 Å². The lowest BCUT2D eigenvalue weighted by Crippen LogP contribution is -2.47. The monoisotopic (exact) mass is 182 g/mol. The quantitative estimate of drug-likeness (QED) is 0.280. The van der Waals surface area contributed by atoms with Gasteiger partial charge in [-0.05, 0) is 0 Å². The number of nitrogens with zero attached hydrogens (tertiary/aromatic N) is 2. The highest BCUT2D eigenvalue weighted by molar-refractivity contribution is 6.18. The van der Waals surface area contributed by atoms with Gasteiger partial charge in [-0.1, -0.05) is 6.92 Å². The Morgan fingerprint density at radius 2 is 1.73 bits per heavy atom. The molecule has 0 N–H and O–H groups in total. The summed E-state index contributed by atoms with van der Waals surface area (Å²) in [5.74, 6) is -0.608. The molecule has 0 aliphatic carbocycles. The zero-order valence-corrected chi connectivity index (χ0v) is 6.58. The highest BCUT2D eigenvalue weighted by Crippen LogP contribution is 2.17. The van der Waals surface area contributed by atoms with E-state index in [1.54, 1.807) is 0 Å². The fraction of sp³-hybridized carbons (Fsp3) is 1.00. The number of hydrogen-bond donors (Lipinski definition) is 0. The molecule has 0 atom stereocenters. The standard InChI is InChI=1S/C4H7ClN2O4/c1-2-4(3-5,6(8)9)7(10)11/h2-3H2,1H3. The van der Waals surface area contributed by atoms with Crippen LogP contribution in [0.25, 0.3) is 0 Å². The van der Waals surface area contributed by atoms with Gasteiger partial charge >= 0.3 is 5.66 Å². The fourth-order valence-corrected chi connectivity index (χ4v) is 0.901. The Kier molecular flexibility index (Phi) is 3.18. The van der Waals surface area contributed by atoms with Crippen molar-refractivity contribution in [1.82, 2.24) is 0 Å². The molecule has 0 saturated heterocycles. The molecule has 0 aromatic heterocycles. The first kappa shape index (κ1) is 10.1. The summed E-state index contributed by atoms with van der Waals surface area (Å²) in [6, 6.07) is 0. The van der Waals surface area contributed by atoms with E-state index in [1.165, 1.54) is 6.92 Å². The minimum atomic E-state index is -2.21. The van der Waals surface area contributed by atoms with Gasteiger partial charge in [-0.3, -0.25) is 20.2 Å². The molecule has 0 aromatic rings. The van der Waals surface area contributed by atoms with Gasteiger partial charge in [0.05, 0.1) is 16.3 Å². The number of hydrogen-bond acceptors (Lipinski definition) is 4. The van der Waals surface area contributed by atoms with E-state index >= 15 is 0 Å². The molecule has 0 amide bonds. The Balaban J connectivity index is 4.76. The van der Waals surface area contributed by atoms with Gasteiger partial charge in [0.25, 0.3) is 0 Å². The summed E-state index contributed by atoms with van der Waals surface area (Å²) in [6.45, 7) is 1.36. The summed E-state index contributed by atoms with van der Waals surface area (Å²) >= 11 is 5.13. The zero-order chi connectivity index (χ0) is 9.07. The van der Waals surface area contributed by atoms with E-state index in [9.17, 15) is 20.2 Å². The Labute approximate surface area is 67.4 Å². The number of halogens is 1. The minimum Gasteiger partial charge on any atom is -0.258 e. The third-order valence-corrected chi connectivity index (χ3v) is 1.89. The predicted octanol–water partition coefficient (Wildman–Crippen LogP) is 0.885. The van der Waals surface area contributed by atoms with Gasteiger partial charge in [0.15, 0.2) is 5.88 Å². The molecular formula is C4H7ClN2O4. The van der Waals surface area contributed by atoms with Crippen molar-refractivity contribution in [1.29, 1.82) is 0 Å². The molecule has 64 valence electrons. The molecule has 0 rings (SSSR count). The van der Waals surface area contributed by atoms with Crippen LogP contribution in [0.1, 0.15) is 13.3 Å². The van der Waals surface area contributed by atoms with Gasteiger partial charge in [0.1, 0.15) is 0 Å². The maximum atomic E-state index is 10.2. The van der Waals surface area contributed by atoms with Crippen molar-refractivity contribution < 1.29 is 9.85 Å². The molecular weight excluding hydrogens is 176 g/mol. The Hall–Kier alpha value is -0.910. The van der Waals surface area contributed by atoms with Crippen molar-refractivity contribution in [2.75, 3.05) is 5.88 Å². The lowest BCUT2D eigenvalue weighted by Gasteiger charge is -2.11. The molecule has 0 aromatic carbocycles. The molecule has 0 heterocycles. The van der Waals surface area contributed by atoms with E-state index in [2.05, 4.69) is 0 Å². The maximum Gasteiger partial charge on any atom is 0.471 e. The fourth-order valence-electron chi connectivity index (χ4n) is 0.517. The smallest absolute Gasteiger partial charge is 0.258 e. The van der Waals surface area contributed by atoms with Crippen LogP contribution in [0.3, 0.4) is 0 Å². The van der Waals surface area contributed by atoms with Crippen LogP contribution in [0.4, 0.5) is 0 Å². The second kappa shape index (κ2) is 3.47. The first-order chi connectivity index (χ1) is 5.01.